The van der Waals surface area contributed by atoms with Crippen molar-refractivity contribution in [3.05, 3.63) is 65.0 Å². The molecule has 1 N–H and O–H groups in total. The molecule has 0 radical (unpaired) electrons. The third-order valence-electron chi connectivity index (χ3n) is 3.60. The van der Waals surface area contributed by atoms with Crippen molar-refractivity contribution in [3.8, 4) is 0 Å². The summed E-state index contributed by atoms with van der Waals surface area (Å²) in [6.45, 7) is 1.56. The van der Waals surface area contributed by atoms with Gasteiger partial charge in [0, 0.05) is 18.8 Å². The number of anilines is 1. The number of fused-ring (bicyclic) bond motifs is 1. The Balaban J connectivity index is 1.82. The minimum absolute atomic E-state index is 0.235. The molecule has 4 heteroatoms. The minimum atomic E-state index is -0.898. The molecule has 102 valence electrons. The maximum Gasteiger partial charge on any atom is 0.335 e. The van der Waals surface area contributed by atoms with E-state index in [0.29, 0.717) is 12.1 Å². The molecule has 20 heavy (non-hydrogen) atoms. The molecular formula is C16H14FNO2. The largest absolute Gasteiger partial charge is 0.478 e. The van der Waals surface area contributed by atoms with Gasteiger partial charge in [0.15, 0.2) is 0 Å². The van der Waals surface area contributed by atoms with Gasteiger partial charge in [0.1, 0.15) is 5.82 Å². The van der Waals surface area contributed by atoms with E-state index in [0.717, 1.165) is 29.8 Å². The van der Waals surface area contributed by atoms with Crippen LogP contribution in [0, 0.1) is 5.82 Å². The Morgan fingerprint density at radius 3 is 2.65 bits per heavy atom. The third-order valence-corrected chi connectivity index (χ3v) is 3.60. The standard InChI is InChI=1S/C16H14FNO2/c17-14-4-1-11(2-5-14)10-18-8-7-12-9-13(16(19)20)3-6-15(12)18/h1-6,9H,7-8,10H2,(H,19,20). The summed E-state index contributed by atoms with van der Waals surface area (Å²) in [6, 6.07) is 11.7. The predicted octanol–water partition coefficient (Wildman–Crippen LogP) is 3.09. The molecule has 0 aromatic heterocycles. The molecule has 0 saturated carbocycles. The molecule has 1 aliphatic rings. The first-order valence-corrected chi connectivity index (χ1v) is 6.49. The Labute approximate surface area is 116 Å². The molecule has 1 aliphatic heterocycles. The average Bonchev–Trinajstić information content (AvgIpc) is 2.84. The van der Waals surface area contributed by atoms with Gasteiger partial charge >= 0.3 is 5.97 Å². The fourth-order valence-electron chi connectivity index (χ4n) is 2.58. The molecule has 0 bridgehead atoms. The molecule has 3 rings (SSSR count). The van der Waals surface area contributed by atoms with Crippen molar-refractivity contribution in [3.63, 3.8) is 0 Å². The number of hydrogen-bond donors (Lipinski definition) is 1. The lowest BCUT2D eigenvalue weighted by molar-refractivity contribution is 0.0697. The van der Waals surface area contributed by atoms with Crippen molar-refractivity contribution >= 4 is 11.7 Å². The van der Waals surface area contributed by atoms with Gasteiger partial charge in [0.2, 0.25) is 0 Å². The van der Waals surface area contributed by atoms with Crippen LogP contribution in [0.2, 0.25) is 0 Å². The summed E-state index contributed by atoms with van der Waals surface area (Å²) in [6.07, 6.45) is 0.845. The number of carboxylic acids is 1. The molecule has 3 nitrogen and oxygen atoms in total. The van der Waals surface area contributed by atoms with Crippen LogP contribution in [-0.2, 0) is 13.0 Å². The Kier molecular flexibility index (Phi) is 3.14. The summed E-state index contributed by atoms with van der Waals surface area (Å²) in [4.78, 5) is 13.1. The first-order chi connectivity index (χ1) is 9.63. The lowest BCUT2D eigenvalue weighted by atomic mass is 10.1. The molecule has 0 spiro atoms. The van der Waals surface area contributed by atoms with Crippen LogP contribution in [0.3, 0.4) is 0 Å². The van der Waals surface area contributed by atoms with E-state index in [4.69, 9.17) is 5.11 Å². The molecule has 1 heterocycles. The van der Waals surface area contributed by atoms with Gasteiger partial charge in [-0.1, -0.05) is 12.1 Å². The summed E-state index contributed by atoms with van der Waals surface area (Å²) >= 11 is 0. The van der Waals surface area contributed by atoms with Gasteiger partial charge in [-0.05, 0) is 47.9 Å². The lowest BCUT2D eigenvalue weighted by Gasteiger charge is -2.19. The van der Waals surface area contributed by atoms with E-state index in [-0.39, 0.29) is 5.82 Å². The van der Waals surface area contributed by atoms with Crippen molar-refractivity contribution in [1.82, 2.24) is 0 Å². The Bertz CT molecular complexity index is 652. The fraction of sp³-hybridized carbons (Fsp3) is 0.188. The van der Waals surface area contributed by atoms with E-state index >= 15 is 0 Å². The van der Waals surface area contributed by atoms with Crippen LogP contribution in [0.15, 0.2) is 42.5 Å². The van der Waals surface area contributed by atoms with Crippen molar-refractivity contribution in [2.45, 2.75) is 13.0 Å². The van der Waals surface area contributed by atoms with Gasteiger partial charge in [0.25, 0.3) is 0 Å². The molecule has 0 amide bonds. The zero-order chi connectivity index (χ0) is 14.1. The monoisotopic (exact) mass is 271 g/mol. The number of carboxylic acid groups (broad SMARTS) is 1. The van der Waals surface area contributed by atoms with Crippen molar-refractivity contribution in [1.29, 1.82) is 0 Å². The molecule has 0 atom stereocenters. The quantitative estimate of drug-likeness (QED) is 0.932. The maximum atomic E-state index is 12.9. The van der Waals surface area contributed by atoms with Crippen molar-refractivity contribution in [2.24, 2.45) is 0 Å². The molecule has 0 aliphatic carbocycles. The molecule has 2 aromatic rings. The van der Waals surface area contributed by atoms with Gasteiger partial charge < -0.3 is 10.0 Å². The number of rotatable bonds is 3. The number of benzene rings is 2. The first kappa shape index (κ1) is 12.7. The van der Waals surface area contributed by atoms with Gasteiger partial charge in [-0.2, -0.15) is 0 Å². The van der Waals surface area contributed by atoms with E-state index in [1.807, 2.05) is 6.07 Å². The highest BCUT2D eigenvalue weighted by molar-refractivity contribution is 5.88. The van der Waals surface area contributed by atoms with Crippen molar-refractivity contribution < 1.29 is 14.3 Å². The lowest BCUT2D eigenvalue weighted by Crippen LogP contribution is -2.19. The van der Waals surface area contributed by atoms with Crippen LogP contribution in [-0.4, -0.2) is 17.6 Å². The molecular weight excluding hydrogens is 257 g/mol. The van der Waals surface area contributed by atoms with Crippen LogP contribution in [0.5, 0.6) is 0 Å². The maximum absolute atomic E-state index is 12.9. The highest BCUT2D eigenvalue weighted by Crippen LogP contribution is 2.30. The number of aromatic carboxylic acids is 1. The second kappa shape index (κ2) is 4.96. The third kappa shape index (κ3) is 2.37. The van der Waals surface area contributed by atoms with E-state index < -0.39 is 5.97 Å². The minimum Gasteiger partial charge on any atom is -0.478 e. The van der Waals surface area contributed by atoms with E-state index in [9.17, 15) is 9.18 Å². The van der Waals surface area contributed by atoms with Gasteiger partial charge in [-0.3, -0.25) is 0 Å². The Hall–Kier alpha value is -2.36. The SMILES string of the molecule is O=C(O)c1ccc2c(c1)CCN2Cc1ccc(F)cc1. The van der Waals surface area contributed by atoms with Gasteiger partial charge in [-0.25, -0.2) is 9.18 Å². The smallest absolute Gasteiger partial charge is 0.335 e. The molecule has 0 fully saturated rings. The highest BCUT2D eigenvalue weighted by atomic mass is 19.1. The fourth-order valence-corrected chi connectivity index (χ4v) is 2.58. The zero-order valence-corrected chi connectivity index (χ0v) is 10.8. The summed E-state index contributed by atoms with van der Waals surface area (Å²) in [5.74, 6) is -1.13. The van der Waals surface area contributed by atoms with Crippen LogP contribution in [0.4, 0.5) is 10.1 Å². The number of halogens is 1. The van der Waals surface area contributed by atoms with Crippen LogP contribution in [0.1, 0.15) is 21.5 Å². The number of carbonyl (C=O) groups is 1. The van der Waals surface area contributed by atoms with E-state index in [1.165, 1.54) is 12.1 Å². The molecule has 0 saturated heterocycles. The number of nitrogens with zero attached hydrogens (tertiary/aromatic N) is 1. The van der Waals surface area contributed by atoms with Crippen LogP contribution in [0.25, 0.3) is 0 Å². The van der Waals surface area contributed by atoms with Crippen molar-refractivity contribution in [2.75, 3.05) is 11.4 Å². The molecule has 0 unspecified atom stereocenters. The Morgan fingerprint density at radius 2 is 1.95 bits per heavy atom. The van der Waals surface area contributed by atoms with Gasteiger partial charge in [0.05, 0.1) is 5.56 Å². The average molecular weight is 271 g/mol. The first-order valence-electron chi connectivity index (χ1n) is 6.49. The summed E-state index contributed by atoms with van der Waals surface area (Å²) in [5.41, 5.74) is 3.50. The van der Waals surface area contributed by atoms with Crippen LogP contribution >= 0.6 is 0 Å². The normalized spacial score (nSPS) is 13.3. The summed E-state index contributed by atoms with van der Waals surface area (Å²) < 4.78 is 12.9. The Morgan fingerprint density at radius 1 is 1.20 bits per heavy atom. The van der Waals surface area contributed by atoms with Crippen LogP contribution < -0.4 is 4.90 Å². The topological polar surface area (TPSA) is 40.5 Å². The molecule has 2 aromatic carbocycles. The second-order valence-electron chi connectivity index (χ2n) is 4.95. The van der Waals surface area contributed by atoms with E-state index in [2.05, 4.69) is 4.90 Å². The predicted molar refractivity (Wildman–Crippen MR) is 74.6 cm³/mol. The highest BCUT2D eigenvalue weighted by Gasteiger charge is 2.20. The summed E-state index contributed by atoms with van der Waals surface area (Å²) in [5, 5.41) is 8.99. The summed E-state index contributed by atoms with van der Waals surface area (Å²) in [7, 11) is 0. The second-order valence-corrected chi connectivity index (χ2v) is 4.95. The van der Waals surface area contributed by atoms with Gasteiger partial charge in [-0.15, -0.1) is 0 Å². The van der Waals surface area contributed by atoms with E-state index in [1.54, 1.807) is 24.3 Å². The zero-order valence-electron chi connectivity index (χ0n) is 10.8. The number of hydrogen-bond acceptors (Lipinski definition) is 2.